The lowest BCUT2D eigenvalue weighted by atomic mass is 10.2. The van der Waals surface area contributed by atoms with Crippen molar-refractivity contribution in [2.45, 2.75) is 24.9 Å². The predicted molar refractivity (Wildman–Crippen MR) is 132 cm³/mol. The highest BCUT2D eigenvalue weighted by Crippen LogP contribution is 2.24. The summed E-state index contributed by atoms with van der Waals surface area (Å²) in [5.41, 5.74) is 3.11. The fourth-order valence-electron chi connectivity index (χ4n) is 3.31. The van der Waals surface area contributed by atoms with E-state index in [2.05, 4.69) is 5.32 Å². The van der Waals surface area contributed by atoms with Crippen LogP contribution >= 0.6 is 23.4 Å². The molecule has 4 aromatic rings. The third kappa shape index (κ3) is 5.21. The third-order valence-corrected chi connectivity index (χ3v) is 6.19. The number of amides is 1. The zero-order valence-corrected chi connectivity index (χ0v) is 19.1. The molecule has 3 aromatic carbocycles. The molecule has 0 aliphatic rings. The summed E-state index contributed by atoms with van der Waals surface area (Å²) < 4.78 is 1.59. The largest absolute Gasteiger partial charge is 0.326 e. The van der Waals surface area contributed by atoms with E-state index in [1.807, 2.05) is 61.5 Å². The Bertz CT molecular complexity index is 1320. The highest BCUT2D eigenvalue weighted by molar-refractivity contribution is 7.99. The van der Waals surface area contributed by atoms with Crippen molar-refractivity contribution in [2.24, 2.45) is 0 Å². The second-order valence-corrected chi connectivity index (χ2v) is 8.90. The van der Waals surface area contributed by atoms with Crippen LogP contribution in [0.25, 0.3) is 16.6 Å². The Morgan fingerprint density at radius 2 is 1.84 bits per heavy atom. The molecule has 1 amide bonds. The lowest BCUT2D eigenvalue weighted by molar-refractivity contribution is -0.116. The monoisotopic (exact) mass is 463 g/mol. The maximum Gasteiger partial charge on any atom is 0.266 e. The van der Waals surface area contributed by atoms with Gasteiger partial charge in [0.1, 0.15) is 0 Å². The predicted octanol–water partition coefficient (Wildman–Crippen LogP) is 5.86. The number of aromatic nitrogens is 2. The molecular weight excluding hydrogens is 442 g/mol. The normalized spacial score (nSPS) is 10.9. The number of rotatable bonds is 7. The molecule has 0 spiro atoms. The molecule has 0 saturated carbocycles. The molecule has 0 unspecified atom stereocenters. The van der Waals surface area contributed by atoms with E-state index in [0.29, 0.717) is 45.4 Å². The summed E-state index contributed by atoms with van der Waals surface area (Å²) in [6, 6.07) is 22.2. The van der Waals surface area contributed by atoms with Crippen molar-refractivity contribution in [2.75, 3.05) is 11.1 Å². The molecule has 0 bridgehead atoms. The summed E-state index contributed by atoms with van der Waals surface area (Å²) in [7, 11) is 0. The molecule has 1 heterocycles. The highest BCUT2D eigenvalue weighted by atomic mass is 35.5. The van der Waals surface area contributed by atoms with E-state index >= 15 is 0 Å². The number of carbonyl (C=O) groups excluding carboxylic acids is 1. The summed E-state index contributed by atoms with van der Waals surface area (Å²) in [5.74, 6) is 0.611. The first-order valence-corrected chi connectivity index (χ1v) is 11.6. The summed E-state index contributed by atoms with van der Waals surface area (Å²) in [4.78, 5) is 30.2. The van der Waals surface area contributed by atoms with E-state index < -0.39 is 0 Å². The number of aryl methyl sites for hydroxylation is 1. The second-order valence-electron chi connectivity index (χ2n) is 7.40. The van der Waals surface area contributed by atoms with Gasteiger partial charge in [-0.2, -0.15) is 0 Å². The van der Waals surface area contributed by atoms with Gasteiger partial charge in [-0.1, -0.05) is 59.3 Å². The molecule has 162 valence electrons. The number of benzene rings is 3. The number of anilines is 1. The van der Waals surface area contributed by atoms with Crippen molar-refractivity contribution < 1.29 is 4.79 Å². The quantitative estimate of drug-likeness (QED) is 0.212. The SMILES string of the molecule is Cc1ccc(NC(=O)CCCSc2nc3ccccc3c(=O)n2-c2cccc(Cl)c2)cc1. The molecule has 32 heavy (non-hydrogen) atoms. The standard InChI is InChI=1S/C25H22ClN3O2S/c1-17-11-13-19(14-12-17)27-23(30)10-5-15-32-25-28-22-9-3-2-8-21(22)24(31)29(25)20-7-4-6-18(26)16-20/h2-4,6-9,11-14,16H,5,10,15H2,1H3,(H,27,30). The van der Waals surface area contributed by atoms with Gasteiger partial charge in [-0.3, -0.25) is 14.2 Å². The van der Waals surface area contributed by atoms with Crippen molar-refractivity contribution >= 4 is 45.9 Å². The molecule has 7 heteroatoms. The van der Waals surface area contributed by atoms with E-state index in [1.165, 1.54) is 11.8 Å². The van der Waals surface area contributed by atoms with Crippen LogP contribution in [-0.4, -0.2) is 21.2 Å². The van der Waals surface area contributed by atoms with Crippen molar-refractivity contribution in [1.82, 2.24) is 9.55 Å². The molecule has 1 N–H and O–H groups in total. The van der Waals surface area contributed by atoms with Crippen LogP contribution in [0.4, 0.5) is 5.69 Å². The van der Waals surface area contributed by atoms with E-state index in [0.717, 1.165) is 11.3 Å². The maximum absolute atomic E-state index is 13.2. The minimum atomic E-state index is -0.141. The van der Waals surface area contributed by atoms with Crippen molar-refractivity contribution in [3.8, 4) is 5.69 Å². The zero-order valence-electron chi connectivity index (χ0n) is 17.5. The van der Waals surface area contributed by atoms with Gasteiger partial charge in [0.25, 0.3) is 5.56 Å². The van der Waals surface area contributed by atoms with E-state index in [9.17, 15) is 9.59 Å². The molecule has 0 fully saturated rings. The number of halogens is 1. The average molecular weight is 464 g/mol. The Labute approximate surface area is 195 Å². The maximum atomic E-state index is 13.2. The summed E-state index contributed by atoms with van der Waals surface area (Å²) >= 11 is 7.62. The van der Waals surface area contributed by atoms with E-state index in [-0.39, 0.29) is 11.5 Å². The number of carbonyl (C=O) groups is 1. The number of thioether (sulfide) groups is 1. The van der Waals surface area contributed by atoms with E-state index in [1.54, 1.807) is 22.8 Å². The van der Waals surface area contributed by atoms with Crippen molar-refractivity contribution in [3.05, 3.63) is 93.7 Å². The molecule has 0 aliphatic carbocycles. The molecule has 0 radical (unpaired) electrons. The van der Waals surface area contributed by atoms with Gasteiger partial charge < -0.3 is 5.32 Å². The topological polar surface area (TPSA) is 64.0 Å². The Hall–Kier alpha value is -3.09. The Kier molecular flexibility index (Phi) is 6.93. The number of hydrogen-bond donors (Lipinski definition) is 1. The van der Waals surface area contributed by atoms with Crippen LogP contribution in [0.2, 0.25) is 5.02 Å². The molecular formula is C25H22ClN3O2S. The van der Waals surface area contributed by atoms with Crippen molar-refractivity contribution in [3.63, 3.8) is 0 Å². The number of nitrogens with one attached hydrogen (secondary N) is 1. The van der Waals surface area contributed by atoms with Gasteiger partial charge in [0.15, 0.2) is 5.16 Å². The Balaban J connectivity index is 1.49. The molecule has 4 rings (SSSR count). The smallest absolute Gasteiger partial charge is 0.266 e. The van der Waals surface area contributed by atoms with Crippen molar-refractivity contribution in [1.29, 1.82) is 0 Å². The number of hydrogen-bond acceptors (Lipinski definition) is 4. The van der Waals surface area contributed by atoms with E-state index in [4.69, 9.17) is 16.6 Å². The van der Waals surface area contributed by atoms with Crippen LogP contribution in [0.3, 0.4) is 0 Å². The third-order valence-electron chi connectivity index (χ3n) is 4.93. The minimum absolute atomic E-state index is 0.0341. The molecule has 0 atom stereocenters. The van der Waals surface area contributed by atoms with Gasteiger partial charge >= 0.3 is 0 Å². The molecule has 0 saturated heterocycles. The van der Waals surface area contributed by atoms with Gasteiger partial charge in [-0.05, 0) is 55.8 Å². The molecule has 5 nitrogen and oxygen atoms in total. The van der Waals surface area contributed by atoms with Gasteiger partial charge in [-0.15, -0.1) is 0 Å². The van der Waals surface area contributed by atoms with Gasteiger partial charge in [0.05, 0.1) is 16.6 Å². The van der Waals surface area contributed by atoms with Gasteiger partial charge in [-0.25, -0.2) is 4.98 Å². The first-order valence-electron chi connectivity index (χ1n) is 10.3. The fraction of sp³-hybridized carbons (Fsp3) is 0.160. The Morgan fingerprint density at radius 1 is 1.06 bits per heavy atom. The lowest BCUT2D eigenvalue weighted by Crippen LogP contribution is -2.21. The first-order chi connectivity index (χ1) is 15.5. The first kappa shape index (κ1) is 22.1. The zero-order chi connectivity index (χ0) is 22.5. The lowest BCUT2D eigenvalue weighted by Gasteiger charge is -2.13. The van der Waals surface area contributed by atoms with Crippen LogP contribution in [0.15, 0.2) is 82.7 Å². The fourth-order valence-corrected chi connectivity index (χ4v) is 4.44. The Morgan fingerprint density at radius 3 is 2.62 bits per heavy atom. The minimum Gasteiger partial charge on any atom is -0.326 e. The summed E-state index contributed by atoms with van der Waals surface area (Å²) in [5, 5.41) is 4.59. The van der Waals surface area contributed by atoms with Gasteiger partial charge in [0.2, 0.25) is 5.91 Å². The molecule has 1 aromatic heterocycles. The average Bonchev–Trinajstić information content (AvgIpc) is 2.78. The highest BCUT2D eigenvalue weighted by Gasteiger charge is 2.14. The van der Waals surface area contributed by atoms with Gasteiger partial charge in [0, 0.05) is 22.9 Å². The van der Waals surface area contributed by atoms with Crippen LogP contribution < -0.4 is 10.9 Å². The molecule has 0 aliphatic heterocycles. The second kappa shape index (κ2) is 10.0. The van der Waals surface area contributed by atoms with Crippen LogP contribution in [0.5, 0.6) is 0 Å². The number of fused-ring (bicyclic) bond motifs is 1. The summed E-state index contributed by atoms with van der Waals surface area (Å²) in [6.45, 7) is 2.01. The van der Waals surface area contributed by atoms with Crippen LogP contribution in [0, 0.1) is 6.92 Å². The summed E-state index contributed by atoms with van der Waals surface area (Å²) in [6.07, 6.45) is 1.04. The number of nitrogens with zero attached hydrogens (tertiary/aromatic N) is 2. The van der Waals surface area contributed by atoms with Crippen LogP contribution in [-0.2, 0) is 4.79 Å². The van der Waals surface area contributed by atoms with Crippen LogP contribution in [0.1, 0.15) is 18.4 Å². The number of para-hydroxylation sites is 1.